The molecule has 8 heteroatoms. The van der Waals surface area contributed by atoms with Gasteiger partial charge in [-0.15, -0.1) is 0 Å². The van der Waals surface area contributed by atoms with E-state index in [4.69, 9.17) is 17.3 Å². The summed E-state index contributed by atoms with van der Waals surface area (Å²) in [5.41, 5.74) is 10.1. The molecule has 0 unspecified atom stereocenters. The lowest BCUT2D eigenvalue weighted by Crippen LogP contribution is -2.31. The number of carbonyl (C=O) groups is 3. The van der Waals surface area contributed by atoms with Gasteiger partial charge in [0.05, 0.1) is 16.6 Å². The van der Waals surface area contributed by atoms with Crippen LogP contribution in [0, 0.1) is 0 Å². The van der Waals surface area contributed by atoms with Crippen LogP contribution in [0.5, 0.6) is 0 Å². The van der Waals surface area contributed by atoms with Gasteiger partial charge < -0.3 is 15.2 Å². The number of nitrogens with one attached hydrogen (secondary N) is 1. The first-order valence-electron chi connectivity index (χ1n) is 11.1. The smallest absolute Gasteiger partial charge is 0.259 e. The van der Waals surface area contributed by atoms with Crippen molar-refractivity contribution < 1.29 is 14.4 Å². The Kier molecular flexibility index (Phi) is 4.56. The highest BCUT2D eigenvalue weighted by atomic mass is 35.5. The Morgan fingerprint density at radius 2 is 1.79 bits per heavy atom. The molecule has 0 bridgehead atoms. The number of aryl methyl sites for hydroxylation is 1. The van der Waals surface area contributed by atoms with E-state index in [9.17, 15) is 14.4 Å². The summed E-state index contributed by atoms with van der Waals surface area (Å²) >= 11 is 6.47. The van der Waals surface area contributed by atoms with Gasteiger partial charge >= 0.3 is 0 Å². The van der Waals surface area contributed by atoms with E-state index in [1.807, 2.05) is 48.0 Å². The number of likely N-dealkylation sites (tertiary alicyclic amines) is 1. The molecule has 170 valence electrons. The van der Waals surface area contributed by atoms with E-state index in [1.165, 1.54) is 0 Å². The van der Waals surface area contributed by atoms with Crippen LogP contribution in [-0.2, 0) is 7.05 Å². The van der Waals surface area contributed by atoms with Crippen molar-refractivity contribution in [3.8, 4) is 11.1 Å². The molecule has 0 radical (unpaired) electrons. The number of nitrogens with zero attached hydrogens (tertiary/aromatic N) is 2. The second kappa shape index (κ2) is 7.41. The summed E-state index contributed by atoms with van der Waals surface area (Å²) in [6.45, 7) is 1.19. The van der Waals surface area contributed by atoms with Crippen molar-refractivity contribution >= 4 is 51.1 Å². The number of halogens is 1. The normalized spacial score (nSPS) is 17.6. The number of imide groups is 1. The SMILES string of the molecule is Cn1c2cc(C(=O)N3CC[C@H](N)C3)ccc2c2c3c(c(-c4ccccc4Cl)cc21)C(=O)NC3=O. The standard InChI is InChI=1S/C26H21ClN4O3/c1-30-19-10-13(26(34)31-9-8-14(28)12-31)6-7-16(19)21-20(30)11-17(15-4-2-3-5-18(15)27)22-23(21)25(33)29-24(22)32/h2-7,10-11,14H,8-9,12,28H2,1H3,(H,29,32,33)/t14-/m0/s1. The average Bonchev–Trinajstić information content (AvgIpc) is 3.47. The number of nitrogens with two attached hydrogens (primary N) is 1. The Bertz CT molecular complexity index is 1570. The number of amides is 3. The van der Waals surface area contributed by atoms with Crippen molar-refractivity contribution in [2.24, 2.45) is 12.8 Å². The van der Waals surface area contributed by atoms with Gasteiger partial charge in [0.1, 0.15) is 0 Å². The largest absolute Gasteiger partial charge is 0.344 e. The Labute approximate surface area is 200 Å². The minimum Gasteiger partial charge on any atom is -0.344 e. The lowest BCUT2D eigenvalue weighted by atomic mass is 9.92. The fourth-order valence-electron chi connectivity index (χ4n) is 5.23. The molecule has 3 aromatic carbocycles. The second-order valence-electron chi connectivity index (χ2n) is 8.92. The molecule has 3 N–H and O–H groups in total. The number of benzene rings is 3. The van der Waals surface area contributed by atoms with Gasteiger partial charge in [0.15, 0.2) is 0 Å². The number of aromatic nitrogens is 1. The summed E-state index contributed by atoms with van der Waals surface area (Å²) < 4.78 is 1.95. The van der Waals surface area contributed by atoms with Crippen LogP contribution in [0.25, 0.3) is 32.9 Å². The van der Waals surface area contributed by atoms with Crippen LogP contribution in [0.15, 0.2) is 48.5 Å². The lowest BCUT2D eigenvalue weighted by Gasteiger charge is -2.15. The monoisotopic (exact) mass is 472 g/mol. The lowest BCUT2D eigenvalue weighted by molar-refractivity contribution is 0.0789. The minimum absolute atomic E-state index is 0.00664. The predicted octanol–water partition coefficient (Wildman–Crippen LogP) is 3.71. The zero-order valence-electron chi connectivity index (χ0n) is 18.4. The van der Waals surface area contributed by atoms with Crippen molar-refractivity contribution in [2.75, 3.05) is 13.1 Å². The van der Waals surface area contributed by atoms with Crippen LogP contribution in [0.4, 0.5) is 0 Å². The molecule has 2 aliphatic rings. The van der Waals surface area contributed by atoms with Crippen LogP contribution in [-0.4, -0.2) is 46.3 Å². The molecule has 1 fully saturated rings. The fraction of sp³-hybridized carbons (Fsp3) is 0.192. The third kappa shape index (κ3) is 2.90. The number of carbonyl (C=O) groups excluding carboxylic acids is 3. The van der Waals surface area contributed by atoms with Crippen LogP contribution in [0.2, 0.25) is 5.02 Å². The van der Waals surface area contributed by atoms with Crippen molar-refractivity contribution in [1.29, 1.82) is 0 Å². The number of fused-ring (bicyclic) bond motifs is 5. The molecular formula is C26H21ClN4O3. The Balaban J connectivity index is 1.62. The van der Waals surface area contributed by atoms with Gasteiger partial charge in [-0.1, -0.05) is 35.9 Å². The van der Waals surface area contributed by atoms with E-state index in [0.29, 0.717) is 51.3 Å². The molecule has 0 aliphatic carbocycles. The molecule has 2 aliphatic heterocycles. The quantitative estimate of drug-likeness (QED) is 0.434. The van der Waals surface area contributed by atoms with Crippen molar-refractivity contribution in [3.63, 3.8) is 0 Å². The fourth-order valence-corrected chi connectivity index (χ4v) is 5.46. The summed E-state index contributed by atoms with van der Waals surface area (Å²) in [5, 5.41) is 4.43. The van der Waals surface area contributed by atoms with E-state index in [-0.39, 0.29) is 11.9 Å². The molecule has 6 rings (SSSR count). The molecule has 1 aromatic heterocycles. The summed E-state index contributed by atoms with van der Waals surface area (Å²) in [6, 6.07) is 14.6. The van der Waals surface area contributed by atoms with Gasteiger partial charge in [0, 0.05) is 58.6 Å². The van der Waals surface area contributed by atoms with Gasteiger partial charge in [-0.3, -0.25) is 19.7 Å². The summed E-state index contributed by atoms with van der Waals surface area (Å²) in [7, 11) is 1.89. The third-order valence-electron chi connectivity index (χ3n) is 6.90. The average molecular weight is 473 g/mol. The van der Waals surface area contributed by atoms with Gasteiger partial charge in [0.2, 0.25) is 0 Å². The molecule has 3 heterocycles. The number of rotatable bonds is 2. The highest BCUT2D eigenvalue weighted by Gasteiger charge is 2.35. The highest BCUT2D eigenvalue weighted by Crippen LogP contribution is 2.41. The van der Waals surface area contributed by atoms with Crippen molar-refractivity contribution in [1.82, 2.24) is 14.8 Å². The van der Waals surface area contributed by atoms with E-state index < -0.39 is 11.8 Å². The first-order chi connectivity index (χ1) is 16.3. The van der Waals surface area contributed by atoms with E-state index in [2.05, 4.69) is 5.32 Å². The third-order valence-corrected chi connectivity index (χ3v) is 7.23. The van der Waals surface area contributed by atoms with E-state index in [0.717, 1.165) is 22.8 Å². The molecule has 34 heavy (non-hydrogen) atoms. The van der Waals surface area contributed by atoms with Gasteiger partial charge in [-0.05, 0) is 36.2 Å². The maximum absolute atomic E-state index is 13.1. The second-order valence-corrected chi connectivity index (χ2v) is 9.33. The van der Waals surface area contributed by atoms with E-state index in [1.54, 1.807) is 17.0 Å². The van der Waals surface area contributed by atoms with Gasteiger partial charge in [-0.2, -0.15) is 0 Å². The molecule has 7 nitrogen and oxygen atoms in total. The first-order valence-corrected chi connectivity index (χ1v) is 11.5. The Hall–Kier alpha value is -3.68. The maximum atomic E-state index is 13.1. The van der Waals surface area contributed by atoms with Crippen LogP contribution < -0.4 is 11.1 Å². The predicted molar refractivity (Wildman–Crippen MR) is 131 cm³/mol. The molecule has 3 amide bonds. The zero-order chi connectivity index (χ0) is 23.7. The van der Waals surface area contributed by atoms with E-state index >= 15 is 0 Å². The minimum atomic E-state index is -0.439. The molecule has 0 spiro atoms. The van der Waals surface area contributed by atoms with Crippen molar-refractivity contribution in [3.05, 3.63) is 70.2 Å². The Morgan fingerprint density at radius 3 is 2.53 bits per heavy atom. The first kappa shape index (κ1) is 20.9. The topological polar surface area (TPSA) is 97.4 Å². The molecule has 4 aromatic rings. The molecule has 0 saturated carbocycles. The zero-order valence-corrected chi connectivity index (χ0v) is 19.1. The van der Waals surface area contributed by atoms with Crippen LogP contribution in [0.3, 0.4) is 0 Å². The van der Waals surface area contributed by atoms with Crippen LogP contribution in [0.1, 0.15) is 37.5 Å². The molecule has 1 atom stereocenters. The number of hydrogen-bond acceptors (Lipinski definition) is 4. The van der Waals surface area contributed by atoms with Crippen LogP contribution >= 0.6 is 11.6 Å². The Morgan fingerprint density at radius 1 is 1.03 bits per heavy atom. The number of hydrogen-bond donors (Lipinski definition) is 2. The van der Waals surface area contributed by atoms with Crippen molar-refractivity contribution in [2.45, 2.75) is 12.5 Å². The molecular weight excluding hydrogens is 452 g/mol. The maximum Gasteiger partial charge on any atom is 0.259 e. The van der Waals surface area contributed by atoms with Gasteiger partial charge in [0.25, 0.3) is 17.7 Å². The summed E-state index contributed by atoms with van der Waals surface area (Å²) in [4.78, 5) is 40.6. The van der Waals surface area contributed by atoms with Gasteiger partial charge in [-0.25, -0.2) is 0 Å². The summed E-state index contributed by atoms with van der Waals surface area (Å²) in [5.74, 6) is -0.932. The highest BCUT2D eigenvalue weighted by molar-refractivity contribution is 6.36. The summed E-state index contributed by atoms with van der Waals surface area (Å²) in [6.07, 6.45) is 0.794. The molecule has 1 saturated heterocycles.